The monoisotopic (exact) mass is 274 g/mol. The minimum Gasteiger partial charge on any atom is -0.439 e. The van der Waals surface area contributed by atoms with Crippen molar-refractivity contribution >= 4 is 17.1 Å². The molecule has 3 N–H and O–H groups in total. The lowest BCUT2D eigenvalue weighted by molar-refractivity contribution is -0.384. The lowest BCUT2D eigenvalue weighted by Gasteiger charge is -2.05. The van der Waals surface area contributed by atoms with Crippen LogP contribution in [-0.2, 0) is 0 Å². The number of benzene rings is 1. The first-order chi connectivity index (χ1) is 9.40. The van der Waals surface area contributed by atoms with E-state index in [0.29, 0.717) is 5.89 Å². The molecule has 0 unspecified atom stereocenters. The van der Waals surface area contributed by atoms with Crippen LogP contribution in [0.15, 0.2) is 28.8 Å². The van der Waals surface area contributed by atoms with E-state index in [1.807, 2.05) is 13.8 Å². The molecule has 0 aliphatic heterocycles. The normalized spacial score (nSPS) is 10.8. The predicted molar refractivity (Wildman–Crippen MR) is 74.0 cm³/mol. The maximum absolute atomic E-state index is 10.8. The lowest BCUT2D eigenvalue weighted by Crippen LogP contribution is -2.05. The first kappa shape index (κ1) is 13.7. The molecule has 104 valence electrons. The summed E-state index contributed by atoms with van der Waals surface area (Å²) in [5, 5.41) is 18.8. The van der Waals surface area contributed by atoms with Crippen molar-refractivity contribution in [1.29, 1.82) is 5.41 Å². The lowest BCUT2D eigenvalue weighted by atomic mass is 10.1. The van der Waals surface area contributed by atoms with Crippen LogP contribution in [0.1, 0.15) is 37.0 Å². The first-order valence-electron chi connectivity index (χ1n) is 5.99. The number of nitrogen functional groups attached to an aromatic ring is 1. The van der Waals surface area contributed by atoms with Gasteiger partial charge < -0.3 is 10.2 Å². The Balaban J connectivity index is 2.41. The van der Waals surface area contributed by atoms with Gasteiger partial charge in [-0.15, -0.1) is 0 Å². The van der Waals surface area contributed by atoms with E-state index in [9.17, 15) is 10.1 Å². The highest BCUT2D eigenvalue weighted by molar-refractivity contribution is 6.12. The van der Waals surface area contributed by atoms with Crippen LogP contribution >= 0.6 is 0 Å². The molecule has 1 aromatic carbocycles. The van der Waals surface area contributed by atoms with Gasteiger partial charge in [-0.1, -0.05) is 13.8 Å². The van der Waals surface area contributed by atoms with Crippen molar-refractivity contribution in [1.82, 2.24) is 4.98 Å². The average molecular weight is 274 g/mol. The Morgan fingerprint density at radius 3 is 2.75 bits per heavy atom. The van der Waals surface area contributed by atoms with Crippen LogP contribution in [0.25, 0.3) is 0 Å². The number of anilines is 1. The third-order valence-electron chi connectivity index (χ3n) is 2.78. The Bertz CT molecular complexity index is 676. The van der Waals surface area contributed by atoms with E-state index in [1.54, 1.807) is 0 Å². The third kappa shape index (κ3) is 2.51. The van der Waals surface area contributed by atoms with E-state index in [0.717, 1.165) is 0 Å². The summed E-state index contributed by atoms with van der Waals surface area (Å²) in [6.45, 7) is 3.84. The van der Waals surface area contributed by atoms with Crippen molar-refractivity contribution in [3.8, 4) is 0 Å². The van der Waals surface area contributed by atoms with Crippen LogP contribution in [0.2, 0.25) is 0 Å². The molecule has 7 nitrogen and oxygen atoms in total. The van der Waals surface area contributed by atoms with Gasteiger partial charge in [0.15, 0.2) is 11.7 Å². The van der Waals surface area contributed by atoms with Gasteiger partial charge in [0.2, 0.25) is 0 Å². The number of nitrogens with one attached hydrogen (secondary N) is 1. The van der Waals surface area contributed by atoms with E-state index in [1.165, 1.54) is 24.4 Å². The highest BCUT2D eigenvalue weighted by atomic mass is 16.6. The van der Waals surface area contributed by atoms with Crippen LogP contribution in [-0.4, -0.2) is 15.6 Å². The van der Waals surface area contributed by atoms with Crippen LogP contribution < -0.4 is 5.73 Å². The molecule has 0 saturated heterocycles. The van der Waals surface area contributed by atoms with Crippen molar-refractivity contribution in [2.45, 2.75) is 19.8 Å². The molecule has 1 aromatic heterocycles. The number of nitrogens with two attached hydrogens (primary N) is 1. The molecule has 0 aliphatic rings. The summed E-state index contributed by atoms with van der Waals surface area (Å²) >= 11 is 0. The largest absolute Gasteiger partial charge is 0.439 e. The molecule has 2 rings (SSSR count). The fourth-order valence-electron chi connectivity index (χ4n) is 1.68. The van der Waals surface area contributed by atoms with E-state index in [2.05, 4.69) is 4.98 Å². The molecule has 20 heavy (non-hydrogen) atoms. The summed E-state index contributed by atoms with van der Waals surface area (Å²) in [5.74, 6) is 0.841. The molecule has 1 heterocycles. The molecule has 0 aliphatic carbocycles. The number of non-ortho nitro benzene ring substituents is 1. The van der Waals surface area contributed by atoms with Crippen molar-refractivity contribution in [2.75, 3.05) is 5.73 Å². The molecule has 0 radical (unpaired) electrons. The van der Waals surface area contributed by atoms with E-state index in [4.69, 9.17) is 15.6 Å². The Morgan fingerprint density at radius 1 is 1.50 bits per heavy atom. The molecule has 0 bridgehead atoms. The molecule has 0 atom stereocenters. The highest BCUT2D eigenvalue weighted by Crippen LogP contribution is 2.23. The topological polar surface area (TPSA) is 119 Å². The van der Waals surface area contributed by atoms with Gasteiger partial charge in [0.1, 0.15) is 5.71 Å². The van der Waals surface area contributed by atoms with E-state index >= 15 is 0 Å². The highest BCUT2D eigenvalue weighted by Gasteiger charge is 2.18. The zero-order valence-electron chi connectivity index (χ0n) is 11.1. The third-order valence-corrected chi connectivity index (χ3v) is 2.78. The number of aromatic nitrogens is 1. The fraction of sp³-hybridized carbons (Fsp3) is 0.231. The molecular formula is C13H14N4O3. The number of nitro groups is 1. The molecule has 0 saturated carbocycles. The van der Waals surface area contributed by atoms with E-state index in [-0.39, 0.29) is 34.3 Å². The fourth-order valence-corrected chi connectivity index (χ4v) is 1.68. The minimum absolute atomic E-state index is 0.0226. The number of hydrogen-bond acceptors (Lipinski definition) is 6. The Labute approximate surface area is 115 Å². The van der Waals surface area contributed by atoms with Gasteiger partial charge in [-0.25, -0.2) is 4.98 Å². The Hall–Kier alpha value is -2.70. The van der Waals surface area contributed by atoms with Crippen molar-refractivity contribution < 1.29 is 9.34 Å². The van der Waals surface area contributed by atoms with Crippen LogP contribution in [0.3, 0.4) is 0 Å². The first-order valence-corrected chi connectivity index (χ1v) is 5.99. The summed E-state index contributed by atoms with van der Waals surface area (Å²) in [5.41, 5.74) is 6.16. The van der Waals surface area contributed by atoms with Gasteiger partial charge in [-0.05, 0) is 6.07 Å². The van der Waals surface area contributed by atoms with E-state index < -0.39 is 4.92 Å². The number of rotatable bonds is 4. The van der Waals surface area contributed by atoms with Crippen molar-refractivity contribution in [2.24, 2.45) is 0 Å². The quantitative estimate of drug-likeness (QED) is 0.384. The SMILES string of the molecule is CC(C)c1ncc(C(=N)c2cc([N+](=O)[O-])ccc2N)o1. The van der Waals surface area contributed by atoms with Gasteiger partial charge in [0, 0.05) is 29.3 Å². The maximum Gasteiger partial charge on any atom is 0.270 e. The Kier molecular flexibility index (Phi) is 3.51. The molecular weight excluding hydrogens is 260 g/mol. The second kappa shape index (κ2) is 5.12. The molecule has 7 heteroatoms. The molecule has 0 amide bonds. The van der Waals surface area contributed by atoms with Crippen molar-refractivity contribution in [3.05, 3.63) is 51.7 Å². The number of nitro benzene ring substituents is 1. The standard InChI is InChI=1S/C13H14N4O3/c1-7(2)13-16-6-11(20-13)12(15)9-5-8(17(18)19)3-4-10(9)14/h3-7,15H,14H2,1-2H3. The smallest absolute Gasteiger partial charge is 0.270 e. The number of oxazole rings is 1. The Morgan fingerprint density at radius 2 is 2.20 bits per heavy atom. The van der Waals surface area contributed by atoms with Crippen LogP contribution in [0.4, 0.5) is 11.4 Å². The summed E-state index contributed by atoms with van der Waals surface area (Å²) in [6.07, 6.45) is 1.43. The zero-order chi connectivity index (χ0) is 14.9. The predicted octanol–water partition coefficient (Wildman–Crippen LogP) is 2.70. The minimum atomic E-state index is -0.532. The summed E-state index contributed by atoms with van der Waals surface area (Å²) in [6, 6.07) is 3.96. The van der Waals surface area contributed by atoms with Crippen LogP contribution in [0.5, 0.6) is 0 Å². The molecule has 0 fully saturated rings. The molecule has 2 aromatic rings. The van der Waals surface area contributed by atoms with Crippen LogP contribution in [0, 0.1) is 15.5 Å². The zero-order valence-corrected chi connectivity index (χ0v) is 11.1. The van der Waals surface area contributed by atoms with Gasteiger partial charge >= 0.3 is 0 Å². The summed E-state index contributed by atoms with van der Waals surface area (Å²) < 4.78 is 5.46. The van der Waals surface area contributed by atoms with Crippen molar-refractivity contribution in [3.63, 3.8) is 0 Å². The second-order valence-electron chi connectivity index (χ2n) is 4.62. The molecule has 0 spiro atoms. The van der Waals surface area contributed by atoms with Gasteiger partial charge in [0.05, 0.1) is 11.1 Å². The summed E-state index contributed by atoms with van der Waals surface area (Å²) in [7, 11) is 0. The second-order valence-corrected chi connectivity index (χ2v) is 4.62. The van der Waals surface area contributed by atoms with Gasteiger partial charge in [0.25, 0.3) is 5.69 Å². The van der Waals surface area contributed by atoms with Gasteiger partial charge in [-0.2, -0.15) is 0 Å². The summed E-state index contributed by atoms with van der Waals surface area (Å²) in [4.78, 5) is 14.3. The van der Waals surface area contributed by atoms with Gasteiger partial charge in [-0.3, -0.25) is 15.5 Å². The maximum atomic E-state index is 10.8. The number of hydrogen-bond donors (Lipinski definition) is 2. The average Bonchev–Trinajstić information content (AvgIpc) is 2.88. The number of nitrogens with zero attached hydrogens (tertiary/aromatic N) is 2.